The molecule has 0 bridgehead atoms. The normalized spacial score (nSPS) is 12.1. The molecule has 0 saturated carbocycles. The van der Waals surface area contributed by atoms with Crippen LogP contribution in [0.25, 0.3) is 0 Å². The van der Waals surface area contributed by atoms with E-state index in [1.807, 2.05) is 6.92 Å². The average Bonchev–Trinajstić information content (AvgIpc) is 2.19. The summed E-state index contributed by atoms with van der Waals surface area (Å²) in [6, 6.07) is -0.510. The minimum Gasteiger partial charge on any atom is -0.320 e. The van der Waals surface area contributed by atoms with Gasteiger partial charge in [-0.05, 0) is 6.42 Å². The standard InChI is InChI=1S/C8H13N5O/c1-2-3-6(9)7(14)12-8-10-4-5-11-13-8/h4-6H,2-3,9H2,1H3,(H,10,12,13,14)/t6-/m1/s1. The maximum Gasteiger partial charge on any atom is 0.249 e. The van der Waals surface area contributed by atoms with Gasteiger partial charge in [-0.2, -0.15) is 5.10 Å². The summed E-state index contributed by atoms with van der Waals surface area (Å²) >= 11 is 0. The van der Waals surface area contributed by atoms with Crippen LogP contribution >= 0.6 is 0 Å². The molecule has 1 aromatic rings. The Morgan fingerprint density at radius 1 is 1.64 bits per heavy atom. The Morgan fingerprint density at radius 2 is 2.43 bits per heavy atom. The molecule has 1 rings (SSSR count). The first-order valence-electron chi connectivity index (χ1n) is 4.44. The summed E-state index contributed by atoms with van der Waals surface area (Å²) in [7, 11) is 0. The lowest BCUT2D eigenvalue weighted by Gasteiger charge is -2.08. The van der Waals surface area contributed by atoms with Crippen LogP contribution < -0.4 is 11.1 Å². The molecular weight excluding hydrogens is 182 g/mol. The van der Waals surface area contributed by atoms with E-state index in [1.165, 1.54) is 12.4 Å². The molecule has 14 heavy (non-hydrogen) atoms. The summed E-state index contributed by atoms with van der Waals surface area (Å²) in [6.07, 6.45) is 4.39. The maximum absolute atomic E-state index is 11.4. The predicted octanol–water partition coefficient (Wildman–Crippen LogP) is -0.0625. The fraction of sp³-hybridized carbons (Fsp3) is 0.500. The van der Waals surface area contributed by atoms with Gasteiger partial charge in [-0.15, -0.1) is 5.10 Å². The third-order valence-corrected chi connectivity index (χ3v) is 1.65. The van der Waals surface area contributed by atoms with Crippen LogP contribution in [0.2, 0.25) is 0 Å². The largest absolute Gasteiger partial charge is 0.320 e. The fourth-order valence-corrected chi connectivity index (χ4v) is 0.950. The second-order valence-electron chi connectivity index (χ2n) is 2.85. The first-order chi connectivity index (χ1) is 6.74. The number of rotatable bonds is 4. The van der Waals surface area contributed by atoms with Crippen molar-refractivity contribution in [3.05, 3.63) is 12.4 Å². The Hall–Kier alpha value is -1.56. The van der Waals surface area contributed by atoms with Crippen molar-refractivity contribution in [2.75, 3.05) is 5.32 Å². The van der Waals surface area contributed by atoms with E-state index in [-0.39, 0.29) is 11.9 Å². The molecule has 0 radical (unpaired) electrons. The van der Waals surface area contributed by atoms with Gasteiger partial charge in [0.25, 0.3) is 0 Å². The lowest BCUT2D eigenvalue weighted by Crippen LogP contribution is -2.35. The number of anilines is 1. The van der Waals surface area contributed by atoms with E-state index in [2.05, 4.69) is 20.5 Å². The molecule has 0 aromatic carbocycles. The van der Waals surface area contributed by atoms with E-state index < -0.39 is 6.04 Å². The van der Waals surface area contributed by atoms with Gasteiger partial charge < -0.3 is 5.73 Å². The lowest BCUT2D eigenvalue weighted by molar-refractivity contribution is -0.117. The molecule has 6 nitrogen and oxygen atoms in total. The minimum atomic E-state index is -0.510. The quantitative estimate of drug-likeness (QED) is 0.701. The fourth-order valence-electron chi connectivity index (χ4n) is 0.950. The van der Waals surface area contributed by atoms with E-state index in [0.29, 0.717) is 6.42 Å². The molecule has 0 spiro atoms. The number of amides is 1. The monoisotopic (exact) mass is 195 g/mol. The molecule has 76 valence electrons. The Balaban J connectivity index is 2.49. The average molecular weight is 195 g/mol. The highest BCUT2D eigenvalue weighted by Gasteiger charge is 2.12. The van der Waals surface area contributed by atoms with Crippen molar-refractivity contribution in [3.63, 3.8) is 0 Å². The lowest BCUT2D eigenvalue weighted by atomic mass is 10.2. The summed E-state index contributed by atoms with van der Waals surface area (Å²) in [5.74, 6) is -0.0936. The number of nitrogens with zero attached hydrogens (tertiary/aromatic N) is 3. The predicted molar refractivity (Wildman–Crippen MR) is 51.3 cm³/mol. The number of carbonyl (C=O) groups is 1. The number of hydrogen-bond donors (Lipinski definition) is 2. The van der Waals surface area contributed by atoms with Crippen LogP contribution in [0.15, 0.2) is 12.4 Å². The molecule has 0 aliphatic rings. The molecule has 1 atom stereocenters. The molecule has 0 aliphatic carbocycles. The van der Waals surface area contributed by atoms with Crippen LogP contribution in [0.5, 0.6) is 0 Å². The zero-order chi connectivity index (χ0) is 10.4. The molecule has 0 aliphatic heterocycles. The molecule has 0 fully saturated rings. The van der Waals surface area contributed by atoms with Crippen LogP contribution in [0, 0.1) is 0 Å². The van der Waals surface area contributed by atoms with E-state index in [4.69, 9.17) is 5.73 Å². The Bertz CT molecular complexity index is 289. The number of carbonyl (C=O) groups excluding carboxylic acids is 1. The first kappa shape index (κ1) is 10.5. The van der Waals surface area contributed by atoms with Gasteiger partial charge in [0, 0.05) is 0 Å². The Labute approximate surface area is 81.9 Å². The van der Waals surface area contributed by atoms with E-state index in [9.17, 15) is 4.79 Å². The van der Waals surface area contributed by atoms with Gasteiger partial charge in [-0.25, -0.2) is 4.98 Å². The van der Waals surface area contributed by atoms with E-state index in [0.717, 1.165) is 6.42 Å². The molecule has 0 unspecified atom stereocenters. The van der Waals surface area contributed by atoms with E-state index >= 15 is 0 Å². The molecule has 3 N–H and O–H groups in total. The van der Waals surface area contributed by atoms with Crippen molar-refractivity contribution >= 4 is 11.9 Å². The highest BCUT2D eigenvalue weighted by atomic mass is 16.2. The summed E-state index contributed by atoms with van der Waals surface area (Å²) < 4.78 is 0. The zero-order valence-corrected chi connectivity index (χ0v) is 7.97. The van der Waals surface area contributed by atoms with Crippen molar-refractivity contribution in [1.82, 2.24) is 15.2 Å². The first-order valence-corrected chi connectivity index (χ1v) is 4.44. The Morgan fingerprint density at radius 3 is 3.00 bits per heavy atom. The van der Waals surface area contributed by atoms with Crippen molar-refractivity contribution in [3.8, 4) is 0 Å². The van der Waals surface area contributed by atoms with Crippen LogP contribution in [0.1, 0.15) is 19.8 Å². The SMILES string of the molecule is CCC[C@@H](N)C(=O)Nc1nccnn1. The Kier molecular flexibility index (Phi) is 3.93. The van der Waals surface area contributed by atoms with Crippen molar-refractivity contribution in [2.45, 2.75) is 25.8 Å². The summed E-state index contributed by atoms with van der Waals surface area (Å²) in [5, 5.41) is 9.67. The smallest absolute Gasteiger partial charge is 0.249 e. The molecule has 1 heterocycles. The molecule has 1 amide bonds. The van der Waals surface area contributed by atoms with Crippen molar-refractivity contribution < 1.29 is 4.79 Å². The van der Waals surface area contributed by atoms with Crippen LogP contribution in [-0.2, 0) is 4.79 Å². The number of nitrogens with one attached hydrogen (secondary N) is 1. The van der Waals surface area contributed by atoms with Gasteiger partial charge in [-0.1, -0.05) is 13.3 Å². The minimum absolute atomic E-state index is 0.184. The van der Waals surface area contributed by atoms with Gasteiger partial charge in [0.2, 0.25) is 11.9 Å². The summed E-state index contributed by atoms with van der Waals surface area (Å²) in [4.78, 5) is 15.2. The van der Waals surface area contributed by atoms with Gasteiger partial charge in [-0.3, -0.25) is 10.1 Å². The third-order valence-electron chi connectivity index (χ3n) is 1.65. The molecule has 6 heteroatoms. The molecular formula is C8H13N5O. The van der Waals surface area contributed by atoms with Crippen molar-refractivity contribution in [2.24, 2.45) is 5.73 Å². The number of nitrogens with two attached hydrogens (primary N) is 1. The van der Waals surface area contributed by atoms with Gasteiger partial charge in [0.1, 0.15) is 0 Å². The maximum atomic E-state index is 11.4. The number of aromatic nitrogens is 3. The molecule has 1 aromatic heterocycles. The van der Waals surface area contributed by atoms with Gasteiger partial charge in [0.15, 0.2) is 0 Å². The highest BCUT2D eigenvalue weighted by molar-refractivity contribution is 5.93. The highest BCUT2D eigenvalue weighted by Crippen LogP contribution is 1.98. The van der Waals surface area contributed by atoms with Crippen LogP contribution in [-0.4, -0.2) is 27.1 Å². The summed E-state index contributed by atoms with van der Waals surface area (Å²) in [5.41, 5.74) is 5.59. The summed E-state index contributed by atoms with van der Waals surface area (Å²) in [6.45, 7) is 1.97. The van der Waals surface area contributed by atoms with Crippen LogP contribution in [0.3, 0.4) is 0 Å². The third kappa shape index (κ3) is 3.06. The van der Waals surface area contributed by atoms with Gasteiger partial charge in [0.05, 0.1) is 18.4 Å². The van der Waals surface area contributed by atoms with Crippen molar-refractivity contribution in [1.29, 1.82) is 0 Å². The zero-order valence-electron chi connectivity index (χ0n) is 7.97. The second kappa shape index (κ2) is 5.23. The van der Waals surface area contributed by atoms with E-state index in [1.54, 1.807) is 0 Å². The second-order valence-corrected chi connectivity index (χ2v) is 2.85. The van der Waals surface area contributed by atoms with Gasteiger partial charge >= 0.3 is 0 Å². The van der Waals surface area contributed by atoms with Crippen LogP contribution in [0.4, 0.5) is 5.95 Å². The topological polar surface area (TPSA) is 93.8 Å². The number of hydrogen-bond acceptors (Lipinski definition) is 5. The molecule has 0 saturated heterocycles.